The number of nitrogens with one attached hydrogen (secondary N) is 2. The second kappa shape index (κ2) is 9.45. The highest BCUT2D eigenvalue weighted by Gasteiger charge is 2.58. The molecule has 3 amide bonds. The normalized spacial score (nSPS) is 27.9. The highest BCUT2D eigenvalue weighted by Crippen LogP contribution is 2.45. The van der Waals surface area contributed by atoms with Crippen molar-refractivity contribution in [3.63, 3.8) is 0 Å². The number of rotatable bonds is 6. The van der Waals surface area contributed by atoms with Gasteiger partial charge in [0.2, 0.25) is 17.7 Å². The number of aliphatic hydroxyl groups excluding tert-OH is 1. The van der Waals surface area contributed by atoms with E-state index < -0.39 is 29.8 Å². The van der Waals surface area contributed by atoms with Crippen molar-refractivity contribution in [1.82, 2.24) is 10.2 Å². The number of likely N-dealkylation sites (tertiary alicyclic amines) is 1. The lowest BCUT2D eigenvalue weighted by atomic mass is 9.70. The molecule has 0 unspecified atom stereocenters. The molecule has 2 aliphatic rings. The summed E-state index contributed by atoms with van der Waals surface area (Å²) in [4.78, 5) is 41.7. The molecule has 1 aliphatic heterocycles. The number of benzene rings is 1. The van der Waals surface area contributed by atoms with E-state index in [9.17, 15) is 19.5 Å². The molecule has 0 bridgehead atoms. The second-order valence-electron chi connectivity index (χ2n) is 9.43. The van der Waals surface area contributed by atoms with Gasteiger partial charge in [0, 0.05) is 18.7 Å². The minimum atomic E-state index is -0.804. The van der Waals surface area contributed by atoms with Crippen molar-refractivity contribution in [3.05, 3.63) is 41.5 Å². The average Bonchev–Trinajstić information content (AvgIpc) is 3.03. The van der Waals surface area contributed by atoms with E-state index in [0.717, 1.165) is 16.8 Å². The lowest BCUT2D eigenvalue weighted by molar-refractivity contribution is -0.143. The number of anilines is 1. The molecule has 6 atom stereocenters. The number of nitrogens with zero attached hydrogens (tertiary/aromatic N) is 1. The van der Waals surface area contributed by atoms with E-state index >= 15 is 0 Å². The molecule has 3 N–H and O–H groups in total. The van der Waals surface area contributed by atoms with Crippen molar-refractivity contribution in [3.8, 4) is 0 Å². The fourth-order valence-electron chi connectivity index (χ4n) is 5.29. The predicted molar refractivity (Wildman–Crippen MR) is 124 cm³/mol. The molecular formula is C25H35N3O4. The SMILES string of the molecule is CNC(=O)[C@H]1[C@H]2C(=O)N([C@@H](CO)C(C)C)[C@H](C(=O)Nc3c(C)cccc3C)[C@H]2C=C[C@H]1C. The Kier molecular flexibility index (Phi) is 7.08. The van der Waals surface area contributed by atoms with Gasteiger partial charge >= 0.3 is 0 Å². The van der Waals surface area contributed by atoms with Crippen LogP contribution in [0.15, 0.2) is 30.4 Å². The Morgan fingerprint density at radius 1 is 1.12 bits per heavy atom. The van der Waals surface area contributed by atoms with E-state index in [1.54, 1.807) is 11.9 Å². The van der Waals surface area contributed by atoms with Crippen molar-refractivity contribution >= 4 is 23.4 Å². The third-order valence-corrected chi connectivity index (χ3v) is 7.07. The zero-order valence-corrected chi connectivity index (χ0v) is 19.8. The van der Waals surface area contributed by atoms with E-state index in [2.05, 4.69) is 10.6 Å². The van der Waals surface area contributed by atoms with Crippen molar-refractivity contribution in [1.29, 1.82) is 0 Å². The van der Waals surface area contributed by atoms with Gasteiger partial charge in [-0.15, -0.1) is 0 Å². The Hall–Kier alpha value is -2.67. The number of carbonyl (C=O) groups excluding carboxylic acids is 3. The van der Waals surface area contributed by atoms with Gasteiger partial charge in [-0.05, 0) is 36.8 Å². The number of hydrogen-bond donors (Lipinski definition) is 3. The van der Waals surface area contributed by atoms with Crippen molar-refractivity contribution in [2.24, 2.45) is 29.6 Å². The number of amides is 3. The predicted octanol–water partition coefficient (Wildman–Crippen LogP) is 2.27. The van der Waals surface area contributed by atoms with Gasteiger partial charge < -0.3 is 20.6 Å². The number of fused-ring (bicyclic) bond motifs is 1. The van der Waals surface area contributed by atoms with Gasteiger partial charge in [-0.2, -0.15) is 0 Å². The number of allylic oxidation sites excluding steroid dienone is 1. The molecule has 7 heteroatoms. The van der Waals surface area contributed by atoms with E-state index in [4.69, 9.17) is 0 Å². The minimum absolute atomic E-state index is 0.0561. The second-order valence-corrected chi connectivity index (χ2v) is 9.43. The smallest absolute Gasteiger partial charge is 0.247 e. The summed E-state index contributed by atoms with van der Waals surface area (Å²) in [5.74, 6) is -2.57. The van der Waals surface area contributed by atoms with Crippen molar-refractivity contribution in [2.45, 2.75) is 46.7 Å². The van der Waals surface area contributed by atoms with Gasteiger partial charge in [0.15, 0.2) is 0 Å². The van der Waals surface area contributed by atoms with Crippen LogP contribution in [0, 0.1) is 43.4 Å². The zero-order chi connectivity index (χ0) is 23.7. The third-order valence-electron chi connectivity index (χ3n) is 7.07. The van der Waals surface area contributed by atoms with E-state index in [-0.39, 0.29) is 36.2 Å². The maximum atomic E-state index is 13.7. The summed E-state index contributed by atoms with van der Waals surface area (Å²) in [5.41, 5.74) is 2.60. The first-order valence-corrected chi connectivity index (χ1v) is 11.3. The first-order chi connectivity index (χ1) is 15.1. The van der Waals surface area contributed by atoms with Gasteiger partial charge in [-0.25, -0.2) is 0 Å². The molecule has 1 fully saturated rings. The van der Waals surface area contributed by atoms with E-state index in [0.29, 0.717) is 0 Å². The number of carbonyl (C=O) groups is 3. The quantitative estimate of drug-likeness (QED) is 0.590. The molecule has 0 saturated carbocycles. The Morgan fingerprint density at radius 2 is 1.75 bits per heavy atom. The van der Waals surface area contributed by atoms with Crippen LogP contribution in [0.4, 0.5) is 5.69 Å². The number of para-hydroxylation sites is 1. The van der Waals surface area contributed by atoms with E-state index in [1.807, 2.05) is 65.0 Å². The molecule has 0 radical (unpaired) electrons. The molecule has 0 spiro atoms. The van der Waals surface area contributed by atoms with Crippen LogP contribution in [0.3, 0.4) is 0 Å². The first-order valence-electron chi connectivity index (χ1n) is 11.3. The van der Waals surface area contributed by atoms with Crippen molar-refractivity contribution < 1.29 is 19.5 Å². The maximum absolute atomic E-state index is 13.7. The number of aliphatic hydroxyl groups is 1. The molecule has 0 aromatic heterocycles. The summed E-state index contributed by atoms with van der Waals surface area (Å²) >= 11 is 0. The lowest BCUT2D eigenvalue weighted by Gasteiger charge is -2.35. The Labute approximate surface area is 190 Å². The fraction of sp³-hybridized carbons (Fsp3) is 0.560. The summed E-state index contributed by atoms with van der Waals surface area (Å²) in [6.07, 6.45) is 3.84. The monoisotopic (exact) mass is 441 g/mol. The van der Waals surface area contributed by atoms with Gasteiger partial charge in [0.05, 0.1) is 24.5 Å². The Bertz CT molecular complexity index is 906. The summed E-state index contributed by atoms with van der Waals surface area (Å²) in [6.45, 7) is 9.37. The third kappa shape index (κ3) is 4.06. The van der Waals surface area contributed by atoms with Crippen LogP contribution in [-0.4, -0.2) is 53.5 Å². The highest BCUT2D eigenvalue weighted by atomic mass is 16.3. The molecule has 1 saturated heterocycles. The standard InChI is InChI=1S/C25H35N3O4/c1-13(2)18(12-29)28-22(24(31)27-21-15(4)8-7-9-16(21)5)17-11-10-14(3)19(23(30)26-6)20(17)25(28)32/h7-11,13-14,17-20,22,29H,12H2,1-6H3,(H,26,30)(H,27,31)/t14-,17+,18+,19-,20+,22+/m1/s1. The number of hydrogen-bond acceptors (Lipinski definition) is 4. The van der Waals surface area contributed by atoms with Gasteiger partial charge in [0.1, 0.15) is 6.04 Å². The van der Waals surface area contributed by atoms with Crippen LogP contribution < -0.4 is 10.6 Å². The molecule has 3 rings (SSSR count). The highest BCUT2D eigenvalue weighted by molar-refractivity contribution is 6.02. The van der Waals surface area contributed by atoms with Crippen molar-refractivity contribution in [2.75, 3.05) is 19.0 Å². The molecule has 1 heterocycles. The summed E-state index contributed by atoms with van der Waals surface area (Å²) in [6, 6.07) is 4.47. The van der Waals surface area contributed by atoms with Gasteiger partial charge in [-0.1, -0.05) is 51.1 Å². The number of aryl methyl sites for hydroxylation is 2. The first kappa shape index (κ1) is 24.0. The van der Waals surface area contributed by atoms with Gasteiger partial charge in [-0.3, -0.25) is 14.4 Å². The molecule has 7 nitrogen and oxygen atoms in total. The molecule has 1 aromatic rings. The fourth-order valence-corrected chi connectivity index (χ4v) is 5.29. The molecule has 174 valence electrons. The average molecular weight is 442 g/mol. The van der Waals surface area contributed by atoms with Crippen LogP contribution in [0.1, 0.15) is 31.9 Å². The van der Waals surface area contributed by atoms with Crippen LogP contribution in [0.5, 0.6) is 0 Å². The zero-order valence-electron chi connectivity index (χ0n) is 19.8. The van der Waals surface area contributed by atoms with E-state index in [1.165, 1.54) is 0 Å². The molecule has 1 aliphatic carbocycles. The molecular weight excluding hydrogens is 406 g/mol. The van der Waals surface area contributed by atoms with Gasteiger partial charge in [0.25, 0.3) is 0 Å². The summed E-state index contributed by atoms with van der Waals surface area (Å²) < 4.78 is 0. The largest absolute Gasteiger partial charge is 0.394 e. The van der Waals surface area contributed by atoms with Crippen LogP contribution in [-0.2, 0) is 14.4 Å². The lowest BCUT2D eigenvalue weighted by Crippen LogP contribution is -2.52. The topological polar surface area (TPSA) is 98.7 Å². The maximum Gasteiger partial charge on any atom is 0.247 e. The van der Waals surface area contributed by atoms with Crippen LogP contribution in [0.2, 0.25) is 0 Å². The Balaban J connectivity index is 2.07. The Morgan fingerprint density at radius 3 is 2.28 bits per heavy atom. The molecule has 1 aromatic carbocycles. The summed E-state index contributed by atoms with van der Waals surface area (Å²) in [5, 5.41) is 15.9. The minimum Gasteiger partial charge on any atom is -0.394 e. The molecule has 32 heavy (non-hydrogen) atoms. The van der Waals surface area contributed by atoms with Crippen LogP contribution >= 0.6 is 0 Å². The van der Waals surface area contributed by atoms with Crippen LogP contribution in [0.25, 0.3) is 0 Å². The summed E-state index contributed by atoms with van der Waals surface area (Å²) in [7, 11) is 1.56.